The SMILES string of the molecule is C=CC(N=[N+]=[N-])c1ccccc1. The van der Waals surface area contributed by atoms with Crippen LogP contribution in [-0.4, -0.2) is 0 Å². The standard InChI is InChI=1S/C9H9N3/c1-2-9(11-12-10)8-6-4-3-5-7-8/h2-7,9H,1H2. The third kappa shape index (κ3) is 1.87. The van der Waals surface area contributed by atoms with Gasteiger partial charge in [-0.3, -0.25) is 0 Å². The van der Waals surface area contributed by atoms with Crippen LogP contribution in [0.3, 0.4) is 0 Å². The smallest absolute Gasteiger partial charge is 0.0803 e. The molecule has 0 saturated heterocycles. The Bertz CT molecular complexity index is 299. The lowest BCUT2D eigenvalue weighted by molar-refractivity contribution is 0.900. The normalized spacial score (nSPS) is 11.3. The maximum absolute atomic E-state index is 8.24. The second kappa shape index (κ2) is 4.21. The van der Waals surface area contributed by atoms with E-state index in [2.05, 4.69) is 16.6 Å². The van der Waals surface area contributed by atoms with Gasteiger partial charge in [-0.2, -0.15) is 0 Å². The van der Waals surface area contributed by atoms with E-state index in [1.807, 2.05) is 30.3 Å². The van der Waals surface area contributed by atoms with Crippen molar-refractivity contribution in [1.82, 2.24) is 0 Å². The molecule has 3 nitrogen and oxygen atoms in total. The summed E-state index contributed by atoms with van der Waals surface area (Å²) < 4.78 is 0. The van der Waals surface area contributed by atoms with Gasteiger partial charge in [-0.1, -0.05) is 41.5 Å². The molecule has 0 fully saturated rings. The number of hydrogen-bond acceptors (Lipinski definition) is 1. The fourth-order valence-corrected chi connectivity index (χ4v) is 0.956. The van der Waals surface area contributed by atoms with E-state index in [4.69, 9.17) is 5.53 Å². The molecule has 1 aromatic carbocycles. The van der Waals surface area contributed by atoms with Gasteiger partial charge in [0.1, 0.15) is 0 Å². The molecule has 0 aliphatic rings. The summed E-state index contributed by atoms with van der Waals surface area (Å²) >= 11 is 0. The van der Waals surface area contributed by atoms with Crippen molar-refractivity contribution in [2.75, 3.05) is 0 Å². The molecule has 12 heavy (non-hydrogen) atoms. The second-order valence-corrected chi connectivity index (χ2v) is 2.30. The quantitative estimate of drug-likeness (QED) is 0.281. The Hall–Kier alpha value is -1.73. The van der Waals surface area contributed by atoms with Crippen LogP contribution in [0, 0.1) is 0 Å². The van der Waals surface area contributed by atoms with Gasteiger partial charge in [-0.25, -0.2) is 0 Å². The molecule has 0 aromatic heterocycles. The van der Waals surface area contributed by atoms with Crippen molar-refractivity contribution in [3.05, 3.63) is 59.0 Å². The summed E-state index contributed by atoms with van der Waals surface area (Å²) in [6, 6.07) is 9.27. The van der Waals surface area contributed by atoms with Gasteiger partial charge in [0.15, 0.2) is 0 Å². The van der Waals surface area contributed by atoms with E-state index >= 15 is 0 Å². The monoisotopic (exact) mass is 159 g/mol. The zero-order valence-electron chi connectivity index (χ0n) is 6.59. The molecular formula is C9H9N3. The topological polar surface area (TPSA) is 48.8 Å². The summed E-state index contributed by atoms with van der Waals surface area (Å²) in [6.07, 6.45) is 1.62. The molecule has 0 amide bonds. The van der Waals surface area contributed by atoms with Crippen molar-refractivity contribution in [3.63, 3.8) is 0 Å². The van der Waals surface area contributed by atoms with Crippen LogP contribution in [0.1, 0.15) is 11.6 Å². The summed E-state index contributed by atoms with van der Waals surface area (Å²) in [5.41, 5.74) is 9.20. The van der Waals surface area contributed by atoms with Crippen LogP contribution in [0.25, 0.3) is 10.4 Å². The highest BCUT2D eigenvalue weighted by Gasteiger charge is 2.01. The molecule has 3 heteroatoms. The first-order valence-electron chi connectivity index (χ1n) is 3.60. The number of nitrogens with zero attached hydrogens (tertiary/aromatic N) is 3. The van der Waals surface area contributed by atoms with Crippen LogP contribution in [0.15, 0.2) is 48.1 Å². The minimum atomic E-state index is -0.254. The zero-order chi connectivity index (χ0) is 8.81. The molecule has 1 rings (SSSR count). The van der Waals surface area contributed by atoms with E-state index in [0.717, 1.165) is 5.56 Å². The van der Waals surface area contributed by atoms with Crippen molar-refractivity contribution < 1.29 is 0 Å². The third-order valence-corrected chi connectivity index (χ3v) is 1.54. The van der Waals surface area contributed by atoms with E-state index in [1.54, 1.807) is 6.08 Å². The van der Waals surface area contributed by atoms with Gasteiger partial charge >= 0.3 is 0 Å². The maximum atomic E-state index is 8.24. The molecule has 0 N–H and O–H groups in total. The summed E-state index contributed by atoms with van der Waals surface area (Å²) in [6.45, 7) is 3.59. The lowest BCUT2D eigenvalue weighted by Crippen LogP contribution is -1.87. The number of hydrogen-bond donors (Lipinski definition) is 0. The van der Waals surface area contributed by atoms with Crippen molar-refractivity contribution in [3.8, 4) is 0 Å². The molecule has 0 radical (unpaired) electrons. The van der Waals surface area contributed by atoms with Gasteiger partial charge in [0.25, 0.3) is 0 Å². The number of benzene rings is 1. The Kier molecular flexibility index (Phi) is 2.94. The van der Waals surface area contributed by atoms with Crippen molar-refractivity contribution >= 4 is 0 Å². The van der Waals surface area contributed by atoms with E-state index in [1.165, 1.54) is 0 Å². The summed E-state index contributed by atoms with van der Waals surface area (Å²) in [4.78, 5) is 2.74. The zero-order valence-corrected chi connectivity index (χ0v) is 6.59. The average Bonchev–Trinajstić information content (AvgIpc) is 2.15. The molecule has 1 aromatic rings. The third-order valence-electron chi connectivity index (χ3n) is 1.54. The first-order valence-corrected chi connectivity index (χ1v) is 3.60. The van der Waals surface area contributed by atoms with Crippen molar-refractivity contribution in [2.24, 2.45) is 5.11 Å². The fourth-order valence-electron chi connectivity index (χ4n) is 0.956. The van der Waals surface area contributed by atoms with Crippen molar-refractivity contribution in [2.45, 2.75) is 6.04 Å². The Morgan fingerprint density at radius 2 is 2.08 bits per heavy atom. The number of azide groups is 1. The molecule has 0 saturated carbocycles. The molecule has 0 aliphatic heterocycles. The Morgan fingerprint density at radius 3 is 2.58 bits per heavy atom. The molecule has 60 valence electrons. The first-order chi connectivity index (χ1) is 5.88. The first kappa shape index (κ1) is 8.37. The predicted molar refractivity (Wildman–Crippen MR) is 48.5 cm³/mol. The van der Waals surface area contributed by atoms with Crippen LogP contribution >= 0.6 is 0 Å². The van der Waals surface area contributed by atoms with Gasteiger partial charge in [0.2, 0.25) is 0 Å². The van der Waals surface area contributed by atoms with Gasteiger partial charge in [0.05, 0.1) is 6.04 Å². The molecule has 1 unspecified atom stereocenters. The molecule has 1 atom stereocenters. The van der Waals surface area contributed by atoms with Gasteiger partial charge in [0, 0.05) is 4.91 Å². The Labute approximate surface area is 71.0 Å². The summed E-state index contributed by atoms with van der Waals surface area (Å²) in [7, 11) is 0. The highest BCUT2D eigenvalue weighted by molar-refractivity contribution is 5.22. The summed E-state index contributed by atoms with van der Waals surface area (Å²) in [5, 5.41) is 3.58. The molecule has 0 spiro atoms. The summed E-state index contributed by atoms with van der Waals surface area (Å²) in [5.74, 6) is 0. The highest BCUT2D eigenvalue weighted by Crippen LogP contribution is 2.17. The van der Waals surface area contributed by atoms with Crippen molar-refractivity contribution in [1.29, 1.82) is 0 Å². The Morgan fingerprint density at radius 1 is 1.42 bits per heavy atom. The lowest BCUT2D eigenvalue weighted by atomic mass is 10.1. The van der Waals surface area contributed by atoms with Gasteiger partial charge in [-0.15, -0.1) is 6.58 Å². The largest absolute Gasteiger partial charge is 0.102 e. The highest BCUT2D eigenvalue weighted by atomic mass is 15.1. The maximum Gasteiger partial charge on any atom is 0.0803 e. The molecule has 0 bridgehead atoms. The van der Waals surface area contributed by atoms with E-state index in [9.17, 15) is 0 Å². The van der Waals surface area contributed by atoms with Crippen LogP contribution in [0.4, 0.5) is 0 Å². The molecule has 0 aliphatic carbocycles. The molecule has 0 heterocycles. The lowest BCUT2D eigenvalue weighted by Gasteiger charge is -2.03. The van der Waals surface area contributed by atoms with E-state index in [0.29, 0.717) is 0 Å². The van der Waals surface area contributed by atoms with Crippen LogP contribution in [0.5, 0.6) is 0 Å². The van der Waals surface area contributed by atoms with Crippen LogP contribution in [0.2, 0.25) is 0 Å². The van der Waals surface area contributed by atoms with Gasteiger partial charge < -0.3 is 0 Å². The predicted octanol–water partition coefficient (Wildman–Crippen LogP) is 3.22. The fraction of sp³-hybridized carbons (Fsp3) is 0.111. The number of rotatable bonds is 3. The minimum Gasteiger partial charge on any atom is -0.102 e. The van der Waals surface area contributed by atoms with Gasteiger partial charge in [-0.05, 0) is 11.1 Å². The van der Waals surface area contributed by atoms with E-state index < -0.39 is 0 Å². The van der Waals surface area contributed by atoms with E-state index in [-0.39, 0.29) is 6.04 Å². The Balaban J connectivity index is 2.94. The molecular weight excluding hydrogens is 150 g/mol. The minimum absolute atomic E-state index is 0.254. The van der Waals surface area contributed by atoms with Crippen LogP contribution in [-0.2, 0) is 0 Å². The average molecular weight is 159 g/mol. The second-order valence-electron chi connectivity index (χ2n) is 2.30. The van der Waals surface area contributed by atoms with Crippen LogP contribution < -0.4 is 0 Å².